The van der Waals surface area contributed by atoms with Gasteiger partial charge in [0.1, 0.15) is 11.2 Å². The number of hydrogen-bond donors (Lipinski definition) is 1. The molecule has 3 aliphatic heterocycles. The second-order valence-electron chi connectivity index (χ2n) is 12.2. The van der Waals surface area contributed by atoms with Crippen LogP contribution >= 0.6 is 23.2 Å². The van der Waals surface area contributed by atoms with Crippen LogP contribution < -0.4 is 5.32 Å². The summed E-state index contributed by atoms with van der Waals surface area (Å²) in [5.41, 5.74) is 0.821. The highest BCUT2D eigenvalue weighted by molar-refractivity contribution is 6.31. The van der Waals surface area contributed by atoms with Crippen LogP contribution in [0.2, 0.25) is 10.0 Å². The molecule has 9 heteroatoms. The number of halogens is 3. The zero-order chi connectivity index (χ0) is 27.9. The minimum atomic E-state index is -1.05. The average molecular weight is 579 g/mol. The van der Waals surface area contributed by atoms with Gasteiger partial charge in [0.2, 0.25) is 5.91 Å². The number of rotatable bonds is 7. The van der Waals surface area contributed by atoms with E-state index in [-0.39, 0.29) is 28.4 Å². The van der Waals surface area contributed by atoms with E-state index in [2.05, 4.69) is 35.9 Å². The van der Waals surface area contributed by atoms with Crippen molar-refractivity contribution in [1.29, 1.82) is 0 Å². The summed E-state index contributed by atoms with van der Waals surface area (Å²) in [5.74, 6) is -1.15. The lowest BCUT2D eigenvalue weighted by Crippen LogP contribution is -2.50. The van der Waals surface area contributed by atoms with Crippen molar-refractivity contribution in [2.24, 2.45) is 5.41 Å². The van der Waals surface area contributed by atoms with E-state index in [0.29, 0.717) is 29.5 Å². The van der Waals surface area contributed by atoms with E-state index < -0.39 is 17.2 Å². The Morgan fingerprint density at radius 2 is 1.92 bits per heavy atom. The van der Waals surface area contributed by atoms with Crippen molar-refractivity contribution in [3.05, 3.63) is 63.4 Å². The summed E-state index contributed by atoms with van der Waals surface area (Å²) in [6.45, 7) is 11.5. The predicted molar refractivity (Wildman–Crippen MR) is 153 cm³/mol. The molecule has 4 atom stereocenters. The minimum Gasteiger partial charge on any atom is -0.379 e. The summed E-state index contributed by atoms with van der Waals surface area (Å²) >= 11 is 12.7. The van der Waals surface area contributed by atoms with Crippen molar-refractivity contribution in [1.82, 2.24) is 9.80 Å². The molecule has 2 aromatic rings. The van der Waals surface area contributed by atoms with Gasteiger partial charge in [0.25, 0.3) is 0 Å². The van der Waals surface area contributed by atoms with Crippen LogP contribution in [-0.2, 0) is 19.7 Å². The molecule has 39 heavy (non-hydrogen) atoms. The fourth-order valence-electron chi connectivity index (χ4n) is 6.80. The number of nitrogens with zero attached hydrogens (tertiary/aromatic N) is 2. The lowest BCUT2D eigenvalue weighted by molar-refractivity contribution is -0.122. The molecule has 6 nitrogen and oxygen atoms in total. The van der Waals surface area contributed by atoms with Crippen LogP contribution in [0.1, 0.15) is 44.2 Å². The van der Waals surface area contributed by atoms with Gasteiger partial charge in [-0.15, -0.1) is 0 Å². The number of likely N-dealkylation sites (tertiary alicyclic amines) is 1. The lowest BCUT2D eigenvalue weighted by atomic mass is 9.62. The fourth-order valence-corrected chi connectivity index (χ4v) is 7.15. The Hall–Kier alpha value is -1.74. The molecule has 5 rings (SSSR count). The van der Waals surface area contributed by atoms with Gasteiger partial charge in [0.15, 0.2) is 0 Å². The molecule has 212 valence electrons. The predicted octanol–water partition coefficient (Wildman–Crippen LogP) is 5.57. The Morgan fingerprint density at radius 3 is 2.64 bits per heavy atom. The molecule has 2 saturated heterocycles. The molecule has 3 aliphatic rings. The van der Waals surface area contributed by atoms with Gasteiger partial charge in [-0.05, 0) is 48.2 Å². The van der Waals surface area contributed by atoms with E-state index in [1.807, 2.05) is 19.2 Å². The Bertz CT molecular complexity index is 1220. The highest BCUT2D eigenvalue weighted by atomic mass is 35.5. The van der Waals surface area contributed by atoms with Gasteiger partial charge in [-0.2, -0.15) is 0 Å². The Morgan fingerprint density at radius 1 is 1.18 bits per heavy atom. The van der Waals surface area contributed by atoms with Crippen molar-refractivity contribution in [3.8, 4) is 0 Å². The van der Waals surface area contributed by atoms with Crippen molar-refractivity contribution in [3.63, 3.8) is 0 Å². The number of nitrogens with one attached hydrogen (secondary N) is 1. The first kappa shape index (κ1) is 28.8. The van der Waals surface area contributed by atoms with Crippen molar-refractivity contribution in [2.45, 2.75) is 50.6 Å². The van der Waals surface area contributed by atoms with Gasteiger partial charge in [-0.25, -0.2) is 4.39 Å². The molecule has 2 aromatic carbocycles. The SMILES string of the molecule is CN1[C@@H](COCCN2CCOCC2)[C@H](c2cccc(Cl)c2F)[C@@]2(C(=O)Nc3cc(Cl)ccc32)[C@H]1CC(C)(C)C. The largest absolute Gasteiger partial charge is 0.379 e. The number of carbonyl (C=O) groups is 1. The Balaban J connectivity index is 1.59. The third kappa shape index (κ3) is 5.34. The monoisotopic (exact) mass is 577 g/mol. The van der Waals surface area contributed by atoms with Crippen molar-refractivity contribution < 1.29 is 18.7 Å². The molecule has 1 spiro atoms. The molecular formula is C30H38Cl2FN3O3. The van der Waals surface area contributed by atoms with Crippen molar-refractivity contribution >= 4 is 34.8 Å². The summed E-state index contributed by atoms with van der Waals surface area (Å²) in [4.78, 5) is 18.8. The average Bonchev–Trinajstić information content (AvgIpc) is 3.29. The number of likely N-dealkylation sites (N-methyl/N-ethyl adjacent to an activating group) is 1. The minimum absolute atomic E-state index is 0.0475. The first-order valence-corrected chi connectivity index (χ1v) is 14.4. The van der Waals surface area contributed by atoms with Crippen LogP contribution in [0.15, 0.2) is 36.4 Å². The highest BCUT2D eigenvalue weighted by Crippen LogP contribution is 2.59. The molecule has 1 amide bonds. The van der Waals surface area contributed by atoms with Gasteiger partial charge >= 0.3 is 0 Å². The standard InChI is InChI=1S/C30H38Cl2FN3O3/c1-29(2,3)17-25-30(21-9-8-19(31)16-23(21)34-28(30)37)26(20-6-5-7-22(32)27(20)33)24(35(25)4)18-39-15-12-36-10-13-38-14-11-36/h5-9,16,24-26H,10-15,17-18H2,1-4H3,(H,34,37)/t24-,25+,26-,30-/m0/s1. The van der Waals surface area contributed by atoms with E-state index >= 15 is 4.39 Å². The molecule has 0 aliphatic carbocycles. The maximum atomic E-state index is 15.9. The number of anilines is 1. The molecular weight excluding hydrogens is 540 g/mol. The van der Waals surface area contributed by atoms with Gasteiger partial charge in [0, 0.05) is 48.3 Å². The quantitative estimate of drug-likeness (QED) is 0.436. The molecule has 3 heterocycles. The van der Waals surface area contributed by atoms with Crippen LogP contribution in [0.5, 0.6) is 0 Å². The second kappa shape index (κ2) is 11.3. The van der Waals surface area contributed by atoms with Crippen molar-refractivity contribution in [2.75, 3.05) is 58.4 Å². The lowest BCUT2D eigenvalue weighted by Gasteiger charge is -2.39. The topological polar surface area (TPSA) is 54.0 Å². The van der Waals surface area contributed by atoms with Crippen LogP contribution in [0.25, 0.3) is 0 Å². The van der Waals surface area contributed by atoms with Crippen LogP contribution in [-0.4, -0.2) is 80.9 Å². The highest BCUT2D eigenvalue weighted by Gasteiger charge is 2.67. The zero-order valence-corrected chi connectivity index (χ0v) is 24.6. The summed E-state index contributed by atoms with van der Waals surface area (Å²) in [5, 5.41) is 3.69. The van der Waals surface area contributed by atoms with Gasteiger partial charge < -0.3 is 14.8 Å². The molecule has 0 saturated carbocycles. The first-order valence-electron chi connectivity index (χ1n) is 13.7. The first-order chi connectivity index (χ1) is 18.5. The van der Waals surface area contributed by atoms with Gasteiger partial charge in [0.05, 0.1) is 31.5 Å². The number of hydrogen-bond acceptors (Lipinski definition) is 5. The smallest absolute Gasteiger partial charge is 0.237 e. The maximum absolute atomic E-state index is 15.9. The molecule has 0 aromatic heterocycles. The van der Waals surface area contributed by atoms with E-state index in [0.717, 1.165) is 44.8 Å². The number of ether oxygens (including phenoxy) is 2. The third-order valence-electron chi connectivity index (χ3n) is 8.53. The number of morpholine rings is 1. The molecule has 0 radical (unpaired) electrons. The van der Waals surface area contributed by atoms with Crippen LogP contribution in [0.4, 0.5) is 10.1 Å². The van der Waals surface area contributed by atoms with Crippen LogP contribution in [0.3, 0.4) is 0 Å². The van der Waals surface area contributed by atoms with E-state index in [9.17, 15) is 4.79 Å². The van der Waals surface area contributed by atoms with Gasteiger partial charge in [-0.3, -0.25) is 14.6 Å². The second-order valence-corrected chi connectivity index (χ2v) is 13.0. The summed E-state index contributed by atoms with van der Waals surface area (Å²) in [6.07, 6.45) is 0.724. The number of fused-ring (bicyclic) bond motifs is 2. The summed E-state index contributed by atoms with van der Waals surface area (Å²) < 4.78 is 27.6. The van der Waals surface area contributed by atoms with Crippen LogP contribution in [0, 0.1) is 11.2 Å². The molecule has 2 fully saturated rings. The fraction of sp³-hybridized carbons (Fsp3) is 0.567. The summed E-state index contributed by atoms with van der Waals surface area (Å²) in [7, 11) is 2.04. The molecule has 0 unspecified atom stereocenters. The Labute approximate surface area is 240 Å². The third-order valence-corrected chi connectivity index (χ3v) is 9.06. The number of benzene rings is 2. The number of amides is 1. The molecule has 1 N–H and O–H groups in total. The van der Waals surface area contributed by atoms with E-state index in [1.54, 1.807) is 24.3 Å². The van der Waals surface area contributed by atoms with Gasteiger partial charge in [-0.1, -0.05) is 62.2 Å². The number of carbonyl (C=O) groups excluding carboxylic acids is 1. The van der Waals surface area contributed by atoms with E-state index in [1.165, 1.54) is 0 Å². The normalized spacial score (nSPS) is 27.8. The zero-order valence-electron chi connectivity index (χ0n) is 23.1. The summed E-state index contributed by atoms with van der Waals surface area (Å²) in [6, 6.07) is 10.1. The maximum Gasteiger partial charge on any atom is 0.237 e. The van der Waals surface area contributed by atoms with E-state index in [4.69, 9.17) is 32.7 Å². The molecule has 0 bridgehead atoms. The Kier molecular flexibility index (Phi) is 8.31.